The van der Waals surface area contributed by atoms with Crippen molar-refractivity contribution in [1.82, 2.24) is 14.5 Å². The highest BCUT2D eigenvalue weighted by Gasteiger charge is 2.12. The molecule has 0 aliphatic carbocycles. The van der Waals surface area contributed by atoms with E-state index in [0.717, 1.165) is 23.1 Å². The fourth-order valence-electron chi connectivity index (χ4n) is 2.29. The number of imidazole rings is 1. The van der Waals surface area contributed by atoms with Crippen LogP contribution >= 0.6 is 0 Å². The van der Waals surface area contributed by atoms with Gasteiger partial charge in [-0.2, -0.15) is 0 Å². The first-order valence-corrected chi connectivity index (χ1v) is 6.43. The number of nitrogens with zero attached hydrogens (tertiary/aromatic N) is 3. The second-order valence-corrected chi connectivity index (χ2v) is 4.48. The Kier molecular flexibility index (Phi) is 2.95. The molecule has 2 aromatic heterocycles. The van der Waals surface area contributed by atoms with E-state index in [0.29, 0.717) is 11.4 Å². The van der Waals surface area contributed by atoms with Crippen molar-refractivity contribution >= 4 is 16.8 Å². The summed E-state index contributed by atoms with van der Waals surface area (Å²) in [4.78, 5) is 20.5. The summed E-state index contributed by atoms with van der Waals surface area (Å²) >= 11 is 0. The van der Waals surface area contributed by atoms with E-state index in [1.807, 2.05) is 42.0 Å². The number of amides is 1. The molecule has 20 heavy (non-hydrogen) atoms. The molecule has 3 rings (SSSR count). The van der Waals surface area contributed by atoms with Crippen LogP contribution in [0.1, 0.15) is 23.1 Å². The van der Waals surface area contributed by atoms with E-state index in [1.165, 1.54) is 0 Å². The van der Waals surface area contributed by atoms with Gasteiger partial charge < -0.3 is 5.73 Å². The van der Waals surface area contributed by atoms with Gasteiger partial charge >= 0.3 is 0 Å². The van der Waals surface area contributed by atoms with E-state index < -0.39 is 5.91 Å². The fourth-order valence-corrected chi connectivity index (χ4v) is 2.29. The van der Waals surface area contributed by atoms with E-state index in [1.54, 1.807) is 12.3 Å². The van der Waals surface area contributed by atoms with Gasteiger partial charge in [0.2, 0.25) is 5.91 Å². The molecule has 0 spiro atoms. The highest BCUT2D eigenvalue weighted by Crippen LogP contribution is 2.20. The molecule has 3 aromatic rings. The Morgan fingerprint density at radius 3 is 2.90 bits per heavy atom. The minimum Gasteiger partial charge on any atom is -0.366 e. The Labute approximate surface area is 116 Å². The van der Waals surface area contributed by atoms with Crippen LogP contribution in [0.4, 0.5) is 0 Å². The SMILES string of the molecule is CCc1nccn1-c1cc(C(N)=O)c2ccccc2n1. The number of hydrogen-bond donors (Lipinski definition) is 1. The highest BCUT2D eigenvalue weighted by atomic mass is 16.1. The monoisotopic (exact) mass is 266 g/mol. The Morgan fingerprint density at radius 1 is 1.35 bits per heavy atom. The predicted molar refractivity (Wildman–Crippen MR) is 76.8 cm³/mol. The number of carbonyl (C=O) groups is 1. The van der Waals surface area contributed by atoms with E-state index in [2.05, 4.69) is 9.97 Å². The number of primary amides is 1. The molecule has 100 valence electrons. The first kappa shape index (κ1) is 12.3. The average Bonchev–Trinajstić information content (AvgIpc) is 2.94. The largest absolute Gasteiger partial charge is 0.366 e. The summed E-state index contributed by atoms with van der Waals surface area (Å²) in [6.45, 7) is 2.02. The lowest BCUT2D eigenvalue weighted by Crippen LogP contribution is -2.13. The van der Waals surface area contributed by atoms with Crippen LogP contribution in [-0.4, -0.2) is 20.4 Å². The molecule has 0 radical (unpaired) electrons. The Balaban J connectivity index is 2.30. The molecule has 5 heteroatoms. The van der Waals surface area contributed by atoms with Crippen LogP contribution in [-0.2, 0) is 6.42 Å². The molecule has 1 amide bonds. The van der Waals surface area contributed by atoms with Crippen molar-refractivity contribution in [2.75, 3.05) is 0 Å². The van der Waals surface area contributed by atoms with Gasteiger partial charge in [0, 0.05) is 24.2 Å². The number of aryl methyl sites for hydroxylation is 1. The van der Waals surface area contributed by atoms with Crippen molar-refractivity contribution in [1.29, 1.82) is 0 Å². The Bertz CT molecular complexity index is 791. The minimum absolute atomic E-state index is 0.456. The smallest absolute Gasteiger partial charge is 0.249 e. The Hall–Kier alpha value is -2.69. The topological polar surface area (TPSA) is 73.8 Å². The molecule has 0 aliphatic heterocycles. The number of carbonyl (C=O) groups excluding carboxylic acids is 1. The third-order valence-corrected chi connectivity index (χ3v) is 3.25. The fraction of sp³-hybridized carbons (Fsp3) is 0.133. The quantitative estimate of drug-likeness (QED) is 0.788. The minimum atomic E-state index is -0.456. The summed E-state index contributed by atoms with van der Waals surface area (Å²) in [6.07, 6.45) is 4.34. The summed E-state index contributed by atoms with van der Waals surface area (Å²) in [6, 6.07) is 9.18. The molecule has 2 heterocycles. The molecule has 1 aromatic carbocycles. The molecule has 0 bridgehead atoms. The van der Waals surface area contributed by atoms with Crippen LogP contribution in [0.25, 0.3) is 16.7 Å². The van der Waals surface area contributed by atoms with Gasteiger partial charge in [-0.05, 0) is 12.1 Å². The lowest BCUT2D eigenvalue weighted by Gasteiger charge is -2.09. The predicted octanol–water partition coefficient (Wildman–Crippen LogP) is 2.08. The van der Waals surface area contributed by atoms with Crippen LogP contribution in [0.2, 0.25) is 0 Å². The lowest BCUT2D eigenvalue weighted by atomic mass is 10.1. The lowest BCUT2D eigenvalue weighted by molar-refractivity contribution is 0.100. The van der Waals surface area contributed by atoms with Crippen molar-refractivity contribution in [3.05, 3.63) is 54.1 Å². The van der Waals surface area contributed by atoms with Crippen molar-refractivity contribution in [3.63, 3.8) is 0 Å². The van der Waals surface area contributed by atoms with Crippen LogP contribution < -0.4 is 5.73 Å². The van der Waals surface area contributed by atoms with Gasteiger partial charge in [-0.25, -0.2) is 9.97 Å². The number of fused-ring (bicyclic) bond motifs is 1. The van der Waals surface area contributed by atoms with Crippen molar-refractivity contribution in [2.45, 2.75) is 13.3 Å². The number of pyridine rings is 1. The third-order valence-electron chi connectivity index (χ3n) is 3.25. The van der Waals surface area contributed by atoms with E-state index in [4.69, 9.17) is 5.73 Å². The van der Waals surface area contributed by atoms with Crippen LogP contribution in [0.15, 0.2) is 42.7 Å². The maximum atomic E-state index is 11.7. The number of nitrogens with two attached hydrogens (primary N) is 1. The van der Waals surface area contributed by atoms with E-state index in [9.17, 15) is 4.79 Å². The number of hydrogen-bond acceptors (Lipinski definition) is 3. The van der Waals surface area contributed by atoms with Gasteiger partial charge in [0.15, 0.2) is 0 Å². The number of rotatable bonds is 3. The summed E-state index contributed by atoms with van der Waals surface area (Å²) in [5.41, 5.74) is 6.70. The maximum absolute atomic E-state index is 11.7. The number of para-hydroxylation sites is 1. The zero-order chi connectivity index (χ0) is 14.1. The molecular weight excluding hydrogens is 252 g/mol. The van der Waals surface area contributed by atoms with Crippen LogP contribution in [0.5, 0.6) is 0 Å². The maximum Gasteiger partial charge on any atom is 0.249 e. The molecule has 2 N–H and O–H groups in total. The van der Waals surface area contributed by atoms with Gasteiger partial charge in [0.05, 0.1) is 11.1 Å². The zero-order valence-electron chi connectivity index (χ0n) is 11.1. The van der Waals surface area contributed by atoms with Crippen molar-refractivity contribution < 1.29 is 4.79 Å². The molecule has 0 unspecified atom stereocenters. The standard InChI is InChI=1S/C15H14N4O/c1-2-13-17-7-8-19(13)14-9-11(15(16)20)10-5-3-4-6-12(10)18-14/h3-9H,2H2,1H3,(H2,16,20). The molecule has 0 saturated heterocycles. The molecule has 5 nitrogen and oxygen atoms in total. The van der Waals surface area contributed by atoms with Gasteiger partial charge in [0.25, 0.3) is 0 Å². The molecule has 0 atom stereocenters. The highest BCUT2D eigenvalue weighted by molar-refractivity contribution is 6.05. The number of aromatic nitrogens is 3. The zero-order valence-corrected chi connectivity index (χ0v) is 11.1. The Morgan fingerprint density at radius 2 is 2.15 bits per heavy atom. The summed E-state index contributed by atoms with van der Waals surface area (Å²) in [5, 5.41) is 0.766. The molecule has 0 aliphatic rings. The first-order chi connectivity index (χ1) is 9.70. The molecular formula is C15H14N4O. The van der Waals surface area contributed by atoms with Crippen molar-refractivity contribution in [3.8, 4) is 5.82 Å². The molecule has 0 saturated carbocycles. The average molecular weight is 266 g/mol. The van der Waals surface area contributed by atoms with Gasteiger partial charge in [-0.1, -0.05) is 25.1 Å². The van der Waals surface area contributed by atoms with E-state index in [-0.39, 0.29) is 0 Å². The van der Waals surface area contributed by atoms with Gasteiger partial charge in [-0.3, -0.25) is 9.36 Å². The third kappa shape index (κ3) is 1.93. The molecule has 0 fully saturated rings. The van der Waals surface area contributed by atoms with E-state index >= 15 is 0 Å². The summed E-state index contributed by atoms with van der Waals surface area (Å²) in [5.74, 6) is 1.10. The van der Waals surface area contributed by atoms with Crippen molar-refractivity contribution in [2.24, 2.45) is 5.73 Å². The second kappa shape index (κ2) is 4.77. The normalized spacial score (nSPS) is 10.8. The van der Waals surface area contributed by atoms with Gasteiger partial charge in [0.1, 0.15) is 11.6 Å². The number of benzene rings is 1. The van der Waals surface area contributed by atoms with Crippen LogP contribution in [0, 0.1) is 0 Å². The van der Waals surface area contributed by atoms with Crippen LogP contribution in [0.3, 0.4) is 0 Å². The summed E-state index contributed by atoms with van der Waals surface area (Å²) in [7, 11) is 0. The second-order valence-electron chi connectivity index (χ2n) is 4.48. The first-order valence-electron chi connectivity index (χ1n) is 6.43. The van der Waals surface area contributed by atoms with Gasteiger partial charge in [-0.15, -0.1) is 0 Å². The summed E-state index contributed by atoms with van der Waals surface area (Å²) < 4.78 is 1.87.